The summed E-state index contributed by atoms with van der Waals surface area (Å²) < 4.78 is 26.9. The molecule has 19 heavy (non-hydrogen) atoms. The van der Waals surface area contributed by atoms with Gasteiger partial charge in [0.2, 0.25) is 10.0 Å². The molecule has 1 aliphatic rings. The summed E-state index contributed by atoms with van der Waals surface area (Å²) in [6, 6.07) is 0.526. The first kappa shape index (κ1) is 14.5. The zero-order valence-electron chi connectivity index (χ0n) is 11.7. The second-order valence-electron chi connectivity index (χ2n) is 5.45. The predicted octanol–water partition coefficient (Wildman–Crippen LogP) is 0.727. The van der Waals surface area contributed by atoms with Crippen molar-refractivity contribution in [3.05, 3.63) is 11.9 Å². The Morgan fingerprint density at radius 3 is 2.84 bits per heavy atom. The minimum absolute atomic E-state index is 0.242. The van der Waals surface area contributed by atoms with E-state index in [1.165, 1.54) is 6.20 Å². The summed E-state index contributed by atoms with van der Waals surface area (Å²) >= 11 is 0. The van der Waals surface area contributed by atoms with Gasteiger partial charge in [0.25, 0.3) is 0 Å². The minimum Gasteiger partial charge on any atom is -0.301 e. The monoisotopic (exact) mass is 286 g/mol. The van der Waals surface area contributed by atoms with Gasteiger partial charge >= 0.3 is 0 Å². The molecule has 108 valence electrons. The number of rotatable bonds is 5. The first-order chi connectivity index (χ1) is 8.90. The lowest BCUT2D eigenvalue weighted by atomic mass is 10.1. The lowest BCUT2D eigenvalue weighted by Crippen LogP contribution is -2.33. The van der Waals surface area contributed by atoms with Gasteiger partial charge in [0.05, 0.1) is 11.9 Å². The van der Waals surface area contributed by atoms with E-state index in [4.69, 9.17) is 0 Å². The van der Waals surface area contributed by atoms with Crippen molar-refractivity contribution in [3.63, 3.8) is 0 Å². The van der Waals surface area contributed by atoms with Gasteiger partial charge in [0.15, 0.2) is 0 Å². The molecule has 1 saturated heterocycles. The van der Waals surface area contributed by atoms with Crippen molar-refractivity contribution in [1.82, 2.24) is 19.8 Å². The molecular weight excluding hydrogens is 264 g/mol. The molecule has 6 nitrogen and oxygen atoms in total. The number of sulfonamides is 1. The van der Waals surface area contributed by atoms with E-state index in [0.717, 1.165) is 19.5 Å². The lowest BCUT2D eigenvalue weighted by molar-refractivity contribution is 0.265. The molecule has 1 fully saturated rings. The van der Waals surface area contributed by atoms with E-state index in [1.54, 1.807) is 6.92 Å². The van der Waals surface area contributed by atoms with Crippen LogP contribution in [0.25, 0.3) is 0 Å². The number of H-pyrrole nitrogens is 1. The molecule has 1 aromatic rings. The van der Waals surface area contributed by atoms with Crippen molar-refractivity contribution in [2.24, 2.45) is 5.92 Å². The summed E-state index contributed by atoms with van der Waals surface area (Å²) in [4.78, 5) is 2.62. The zero-order valence-corrected chi connectivity index (χ0v) is 12.5. The number of hydrogen-bond acceptors (Lipinski definition) is 4. The summed E-state index contributed by atoms with van der Waals surface area (Å²) in [6.07, 6.45) is 2.40. The van der Waals surface area contributed by atoms with Crippen LogP contribution >= 0.6 is 0 Å². The standard InChI is InChI=1S/C12H22N4O2S/c1-9(2)16-5-4-11(8-16)6-14-19(17,18)12-7-13-15-10(12)3/h7,9,11,14H,4-6,8H2,1-3H3,(H,13,15). The number of aromatic nitrogens is 2. The highest BCUT2D eigenvalue weighted by Gasteiger charge is 2.26. The molecule has 1 aliphatic heterocycles. The van der Waals surface area contributed by atoms with Crippen LogP contribution in [0.2, 0.25) is 0 Å². The average molecular weight is 286 g/mol. The van der Waals surface area contributed by atoms with Crippen LogP contribution in [0.15, 0.2) is 11.1 Å². The van der Waals surface area contributed by atoms with Crippen molar-refractivity contribution >= 4 is 10.0 Å². The Balaban J connectivity index is 1.91. The van der Waals surface area contributed by atoms with Crippen molar-refractivity contribution in [1.29, 1.82) is 0 Å². The molecule has 0 saturated carbocycles. The van der Waals surface area contributed by atoms with Gasteiger partial charge in [0, 0.05) is 19.1 Å². The summed E-state index contributed by atoms with van der Waals surface area (Å²) in [5, 5.41) is 6.40. The van der Waals surface area contributed by atoms with Crippen LogP contribution in [-0.4, -0.2) is 49.2 Å². The first-order valence-corrected chi connectivity index (χ1v) is 8.12. The van der Waals surface area contributed by atoms with Crippen molar-refractivity contribution in [3.8, 4) is 0 Å². The van der Waals surface area contributed by atoms with Gasteiger partial charge < -0.3 is 4.90 Å². The Kier molecular flexibility index (Phi) is 4.27. The first-order valence-electron chi connectivity index (χ1n) is 6.64. The van der Waals surface area contributed by atoms with Crippen LogP contribution in [-0.2, 0) is 10.0 Å². The van der Waals surface area contributed by atoms with Crippen LogP contribution in [0, 0.1) is 12.8 Å². The van der Waals surface area contributed by atoms with Crippen molar-refractivity contribution in [2.75, 3.05) is 19.6 Å². The second kappa shape index (κ2) is 5.60. The quantitative estimate of drug-likeness (QED) is 0.836. The van der Waals surface area contributed by atoms with E-state index in [-0.39, 0.29) is 4.90 Å². The van der Waals surface area contributed by atoms with E-state index >= 15 is 0 Å². The van der Waals surface area contributed by atoms with Crippen molar-refractivity contribution in [2.45, 2.75) is 38.1 Å². The number of likely N-dealkylation sites (tertiary alicyclic amines) is 1. The van der Waals surface area contributed by atoms with E-state index in [1.807, 2.05) is 0 Å². The molecule has 2 rings (SSSR count). The van der Waals surface area contributed by atoms with Gasteiger partial charge in [-0.1, -0.05) is 0 Å². The maximum Gasteiger partial charge on any atom is 0.243 e. The van der Waals surface area contributed by atoms with Gasteiger partial charge in [-0.25, -0.2) is 13.1 Å². The molecule has 0 radical (unpaired) electrons. The molecule has 0 aliphatic carbocycles. The normalized spacial score (nSPS) is 21.4. The number of aromatic amines is 1. The number of nitrogens with zero attached hydrogens (tertiary/aromatic N) is 2. The van der Waals surface area contributed by atoms with Crippen LogP contribution in [0.4, 0.5) is 0 Å². The molecule has 0 spiro atoms. The summed E-state index contributed by atoms with van der Waals surface area (Å²) in [5.41, 5.74) is 0.572. The lowest BCUT2D eigenvalue weighted by Gasteiger charge is -2.20. The summed E-state index contributed by atoms with van der Waals surface area (Å²) in [7, 11) is -3.44. The summed E-state index contributed by atoms with van der Waals surface area (Å²) in [6.45, 7) is 8.55. The smallest absolute Gasteiger partial charge is 0.243 e. The Morgan fingerprint density at radius 2 is 2.32 bits per heavy atom. The van der Waals surface area contributed by atoms with Crippen LogP contribution < -0.4 is 4.72 Å². The van der Waals surface area contributed by atoms with Gasteiger partial charge in [-0.2, -0.15) is 5.10 Å². The highest BCUT2D eigenvalue weighted by Crippen LogP contribution is 2.19. The largest absolute Gasteiger partial charge is 0.301 e. The number of aryl methyl sites for hydroxylation is 1. The Morgan fingerprint density at radius 1 is 1.58 bits per heavy atom. The molecule has 7 heteroatoms. The Labute approximate surface area is 114 Å². The second-order valence-corrected chi connectivity index (χ2v) is 7.19. The average Bonchev–Trinajstić information content (AvgIpc) is 2.95. The molecule has 1 unspecified atom stereocenters. The third-order valence-electron chi connectivity index (χ3n) is 3.68. The van der Waals surface area contributed by atoms with Gasteiger partial charge in [0.1, 0.15) is 4.90 Å². The maximum absolute atomic E-state index is 12.1. The Hall–Kier alpha value is -0.920. The SMILES string of the molecule is Cc1[nH]ncc1S(=O)(=O)NCC1CCN(C(C)C)C1. The van der Waals surface area contributed by atoms with E-state index < -0.39 is 10.0 Å². The highest BCUT2D eigenvalue weighted by molar-refractivity contribution is 7.89. The molecular formula is C12H22N4O2S. The summed E-state index contributed by atoms with van der Waals surface area (Å²) in [5.74, 6) is 0.393. The highest BCUT2D eigenvalue weighted by atomic mass is 32.2. The molecule has 1 aromatic heterocycles. The third-order valence-corrected chi connectivity index (χ3v) is 5.22. The fraction of sp³-hybridized carbons (Fsp3) is 0.750. The van der Waals surface area contributed by atoms with Gasteiger partial charge in [-0.05, 0) is 39.7 Å². The molecule has 0 aromatic carbocycles. The van der Waals surface area contributed by atoms with Crippen LogP contribution in [0.5, 0.6) is 0 Å². The molecule has 0 bridgehead atoms. The minimum atomic E-state index is -3.44. The number of nitrogens with one attached hydrogen (secondary N) is 2. The van der Waals surface area contributed by atoms with Gasteiger partial charge in [-0.3, -0.25) is 5.10 Å². The van der Waals surface area contributed by atoms with Crippen LogP contribution in [0.3, 0.4) is 0 Å². The van der Waals surface area contributed by atoms with Crippen LogP contribution in [0.1, 0.15) is 26.0 Å². The topological polar surface area (TPSA) is 78.1 Å². The third kappa shape index (κ3) is 3.34. The van der Waals surface area contributed by atoms with E-state index in [2.05, 4.69) is 33.7 Å². The molecule has 0 amide bonds. The fourth-order valence-electron chi connectivity index (χ4n) is 2.41. The molecule has 2 N–H and O–H groups in total. The number of hydrogen-bond donors (Lipinski definition) is 2. The Bertz CT molecular complexity index is 524. The predicted molar refractivity (Wildman–Crippen MR) is 73.3 cm³/mol. The zero-order chi connectivity index (χ0) is 14.0. The fourth-order valence-corrected chi connectivity index (χ4v) is 3.66. The van der Waals surface area contributed by atoms with Crippen molar-refractivity contribution < 1.29 is 8.42 Å². The van der Waals surface area contributed by atoms with E-state index in [9.17, 15) is 8.42 Å². The van der Waals surface area contributed by atoms with Gasteiger partial charge in [-0.15, -0.1) is 0 Å². The van der Waals surface area contributed by atoms with E-state index in [0.29, 0.717) is 24.2 Å². The molecule has 1 atom stereocenters. The molecule has 2 heterocycles. The maximum atomic E-state index is 12.1.